The van der Waals surface area contributed by atoms with Crippen molar-refractivity contribution in [1.29, 1.82) is 0 Å². The van der Waals surface area contributed by atoms with Gasteiger partial charge in [-0.2, -0.15) is 0 Å². The van der Waals surface area contributed by atoms with Gasteiger partial charge in [-0.3, -0.25) is 0 Å². The van der Waals surface area contributed by atoms with Gasteiger partial charge in [0, 0.05) is 5.92 Å². The summed E-state index contributed by atoms with van der Waals surface area (Å²) in [6, 6.07) is 21.0. The Kier molecular flexibility index (Phi) is 6.70. The second-order valence-electron chi connectivity index (χ2n) is 8.84. The van der Waals surface area contributed by atoms with Gasteiger partial charge >= 0.3 is 0 Å². The summed E-state index contributed by atoms with van der Waals surface area (Å²) in [6.07, 6.45) is 13.2. The predicted octanol–water partition coefficient (Wildman–Crippen LogP) is 9.05. The van der Waals surface area contributed by atoms with E-state index in [1.165, 1.54) is 86.1 Å². The molecular formula is C29H36. The largest absolute Gasteiger partial charge is 0.0654 e. The third-order valence-corrected chi connectivity index (χ3v) is 6.79. The SMILES string of the molecule is CCCCCCc1cc2c(c3ccccc13)C(CCCCCC)c1ccccc1-2. The molecule has 0 heterocycles. The van der Waals surface area contributed by atoms with Gasteiger partial charge in [0.05, 0.1) is 0 Å². The fourth-order valence-corrected chi connectivity index (χ4v) is 5.30. The minimum absolute atomic E-state index is 0.567. The van der Waals surface area contributed by atoms with Crippen LogP contribution in [0.3, 0.4) is 0 Å². The van der Waals surface area contributed by atoms with E-state index in [1.54, 1.807) is 16.7 Å². The molecule has 1 atom stereocenters. The molecule has 29 heavy (non-hydrogen) atoms. The molecule has 4 rings (SSSR count). The highest BCUT2D eigenvalue weighted by molar-refractivity contribution is 5.98. The van der Waals surface area contributed by atoms with Crippen LogP contribution >= 0.6 is 0 Å². The smallest absolute Gasteiger partial charge is 0.0108 e. The Labute approximate surface area is 177 Å². The van der Waals surface area contributed by atoms with Gasteiger partial charge in [-0.15, -0.1) is 0 Å². The Bertz CT molecular complexity index is 949. The first-order valence-electron chi connectivity index (χ1n) is 12.0. The number of benzene rings is 3. The Morgan fingerprint density at radius 3 is 2.14 bits per heavy atom. The van der Waals surface area contributed by atoms with Crippen LogP contribution in [0.4, 0.5) is 0 Å². The van der Waals surface area contributed by atoms with E-state index in [9.17, 15) is 0 Å². The standard InChI is InChI=1S/C29H36/c1-3-5-7-9-15-22-21-28-25-18-13-12-17-24(25)27(19-10-8-6-4-2)29(28)26-20-14-11-16-23(22)26/h11-14,16-18,20-21,27H,3-10,15,19H2,1-2H3. The zero-order chi connectivity index (χ0) is 20.1. The highest BCUT2D eigenvalue weighted by atomic mass is 14.3. The van der Waals surface area contributed by atoms with E-state index in [1.807, 2.05) is 0 Å². The van der Waals surface area contributed by atoms with Crippen molar-refractivity contribution in [3.05, 3.63) is 71.3 Å². The molecular weight excluding hydrogens is 348 g/mol. The molecule has 0 bridgehead atoms. The summed E-state index contributed by atoms with van der Waals surface area (Å²) < 4.78 is 0. The van der Waals surface area contributed by atoms with Crippen molar-refractivity contribution >= 4 is 10.8 Å². The highest BCUT2D eigenvalue weighted by Gasteiger charge is 2.30. The van der Waals surface area contributed by atoms with Crippen molar-refractivity contribution in [2.75, 3.05) is 0 Å². The molecule has 0 heteroatoms. The molecule has 1 aliphatic carbocycles. The van der Waals surface area contributed by atoms with Gasteiger partial charge in [0.25, 0.3) is 0 Å². The third-order valence-electron chi connectivity index (χ3n) is 6.79. The maximum atomic E-state index is 2.55. The molecule has 3 aromatic rings. The Morgan fingerprint density at radius 1 is 0.655 bits per heavy atom. The summed E-state index contributed by atoms with van der Waals surface area (Å²) in [5, 5.41) is 3.00. The van der Waals surface area contributed by atoms with Gasteiger partial charge in [-0.1, -0.05) is 113 Å². The summed E-state index contributed by atoms with van der Waals surface area (Å²) in [4.78, 5) is 0. The van der Waals surface area contributed by atoms with Gasteiger partial charge in [-0.05, 0) is 57.9 Å². The van der Waals surface area contributed by atoms with Gasteiger partial charge in [0.2, 0.25) is 0 Å². The van der Waals surface area contributed by atoms with E-state index in [2.05, 4.69) is 68.4 Å². The summed E-state index contributed by atoms with van der Waals surface area (Å²) >= 11 is 0. The van der Waals surface area contributed by atoms with Crippen LogP contribution in [-0.4, -0.2) is 0 Å². The zero-order valence-electron chi connectivity index (χ0n) is 18.3. The Balaban J connectivity index is 1.75. The van der Waals surface area contributed by atoms with Crippen molar-refractivity contribution < 1.29 is 0 Å². The molecule has 0 N–H and O–H groups in total. The van der Waals surface area contributed by atoms with E-state index >= 15 is 0 Å². The molecule has 0 saturated carbocycles. The van der Waals surface area contributed by atoms with Gasteiger partial charge in [0.1, 0.15) is 0 Å². The van der Waals surface area contributed by atoms with Crippen LogP contribution in [0.2, 0.25) is 0 Å². The second-order valence-corrected chi connectivity index (χ2v) is 8.84. The van der Waals surface area contributed by atoms with Crippen LogP contribution in [-0.2, 0) is 6.42 Å². The van der Waals surface area contributed by atoms with Crippen LogP contribution in [0.25, 0.3) is 21.9 Å². The summed E-state index contributed by atoms with van der Waals surface area (Å²) in [5.74, 6) is 0.567. The number of hydrogen-bond acceptors (Lipinski definition) is 0. The average Bonchev–Trinajstić information content (AvgIpc) is 3.08. The van der Waals surface area contributed by atoms with Gasteiger partial charge in [0.15, 0.2) is 0 Å². The molecule has 3 aromatic carbocycles. The lowest BCUT2D eigenvalue weighted by molar-refractivity contribution is 0.603. The molecule has 1 unspecified atom stereocenters. The normalized spacial score (nSPS) is 14.9. The van der Waals surface area contributed by atoms with E-state index in [0.29, 0.717) is 5.92 Å². The molecule has 1 aliphatic rings. The van der Waals surface area contributed by atoms with Crippen LogP contribution in [0.15, 0.2) is 54.6 Å². The van der Waals surface area contributed by atoms with E-state index in [-0.39, 0.29) is 0 Å². The Morgan fingerprint density at radius 2 is 1.34 bits per heavy atom. The molecule has 0 nitrogen and oxygen atoms in total. The predicted molar refractivity (Wildman–Crippen MR) is 128 cm³/mol. The van der Waals surface area contributed by atoms with E-state index < -0.39 is 0 Å². The minimum Gasteiger partial charge on any atom is -0.0654 e. The molecule has 0 saturated heterocycles. The molecule has 0 aromatic heterocycles. The van der Waals surface area contributed by atoms with Crippen molar-refractivity contribution in [3.63, 3.8) is 0 Å². The monoisotopic (exact) mass is 384 g/mol. The lowest BCUT2D eigenvalue weighted by Gasteiger charge is -2.18. The number of hydrogen-bond donors (Lipinski definition) is 0. The van der Waals surface area contributed by atoms with Crippen LogP contribution in [0, 0.1) is 0 Å². The highest BCUT2D eigenvalue weighted by Crippen LogP contribution is 2.50. The quantitative estimate of drug-likeness (QED) is 0.306. The summed E-state index contributed by atoms with van der Waals surface area (Å²) in [5.41, 5.74) is 7.73. The van der Waals surface area contributed by atoms with Crippen molar-refractivity contribution in [3.8, 4) is 11.1 Å². The first kappa shape index (κ1) is 20.2. The Hall–Kier alpha value is -2.08. The van der Waals surface area contributed by atoms with E-state index in [0.717, 1.165) is 0 Å². The fraction of sp³-hybridized carbons (Fsp3) is 0.448. The van der Waals surface area contributed by atoms with Crippen LogP contribution in [0.5, 0.6) is 0 Å². The van der Waals surface area contributed by atoms with Gasteiger partial charge in [-0.25, -0.2) is 0 Å². The molecule has 0 aliphatic heterocycles. The minimum atomic E-state index is 0.567. The average molecular weight is 385 g/mol. The third kappa shape index (κ3) is 4.13. The number of fused-ring (bicyclic) bond motifs is 5. The first-order chi connectivity index (χ1) is 14.3. The maximum absolute atomic E-state index is 2.55. The number of unbranched alkanes of at least 4 members (excludes halogenated alkanes) is 6. The second kappa shape index (κ2) is 9.61. The maximum Gasteiger partial charge on any atom is 0.0108 e. The fourth-order valence-electron chi connectivity index (χ4n) is 5.30. The molecule has 0 amide bonds. The topological polar surface area (TPSA) is 0 Å². The van der Waals surface area contributed by atoms with Crippen LogP contribution < -0.4 is 0 Å². The van der Waals surface area contributed by atoms with Crippen molar-refractivity contribution in [2.45, 2.75) is 84.0 Å². The molecule has 152 valence electrons. The van der Waals surface area contributed by atoms with Crippen molar-refractivity contribution in [2.24, 2.45) is 0 Å². The lowest BCUT2D eigenvalue weighted by Crippen LogP contribution is -1.99. The van der Waals surface area contributed by atoms with Gasteiger partial charge < -0.3 is 0 Å². The van der Waals surface area contributed by atoms with E-state index in [4.69, 9.17) is 0 Å². The summed E-state index contributed by atoms with van der Waals surface area (Å²) in [7, 11) is 0. The number of aryl methyl sites for hydroxylation is 1. The lowest BCUT2D eigenvalue weighted by atomic mass is 9.86. The van der Waals surface area contributed by atoms with Crippen molar-refractivity contribution in [1.82, 2.24) is 0 Å². The first-order valence-corrected chi connectivity index (χ1v) is 12.0. The molecule has 0 spiro atoms. The zero-order valence-corrected chi connectivity index (χ0v) is 18.3. The van der Waals surface area contributed by atoms with Crippen LogP contribution in [0.1, 0.15) is 94.2 Å². The molecule has 0 fully saturated rings. The summed E-state index contributed by atoms with van der Waals surface area (Å²) in [6.45, 7) is 4.60. The number of rotatable bonds is 10. The molecule has 0 radical (unpaired) electrons.